The van der Waals surface area contributed by atoms with Crippen molar-refractivity contribution in [3.63, 3.8) is 0 Å². The molecule has 2 heterocycles. The third-order valence-corrected chi connectivity index (χ3v) is 2.24. The topological polar surface area (TPSA) is 38.0 Å². The van der Waals surface area contributed by atoms with Gasteiger partial charge in [0.1, 0.15) is 4.83 Å². The normalized spacial score (nSPS) is 10.9. The fraction of sp³-hybridized carbons (Fsp3) is 0.167. The predicted molar refractivity (Wildman–Crippen MR) is 40.3 cm³/mol. The van der Waals surface area contributed by atoms with Gasteiger partial charge in [0.25, 0.3) is 0 Å². The van der Waals surface area contributed by atoms with Crippen molar-refractivity contribution in [2.75, 3.05) is 0 Å². The molecule has 2 aromatic rings. The molecule has 2 rings (SSSR count). The number of aromatic hydroxyl groups is 1. The van der Waals surface area contributed by atoms with Gasteiger partial charge in [-0.25, -0.2) is 4.98 Å². The third-order valence-electron chi connectivity index (χ3n) is 1.41. The fourth-order valence-corrected chi connectivity index (χ4v) is 1.68. The molecule has 0 amide bonds. The molecule has 0 aromatic carbocycles. The summed E-state index contributed by atoms with van der Waals surface area (Å²) in [6.45, 7) is 0. The highest BCUT2D eigenvalue weighted by atomic mass is 32.1. The number of rotatable bonds is 0. The Balaban J connectivity index is 2.90. The van der Waals surface area contributed by atoms with E-state index in [0.717, 1.165) is 10.3 Å². The van der Waals surface area contributed by atoms with Crippen LogP contribution >= 0.6 is 11.3 Å². The molecule has 0 aliphatic carbocycles. The number of nitrogens with zero attached hydrogens (tertiary/aromatic N) is 2. The Morgan fingerprint density at radius 3 is 3.20 bits per heavy atom. The number of aryl methyl sites for hydroxylation is 1. The van der Waals surface area contributed by atoms with Crippen LogP contribution in [0.5, 0.6) is 5.06 Å². The molecule has 0 aliphatic heterocycles. The Kier molecular flexibility index (Phi) is 0.990. The highest BCUT2D eigenvalue weighted by molar-refractivity contribution is 7.20. The highest BCUT2D eigenvalue weighted by Crippen LogP contribution is 2.28. The zero-order chi connectivity index (χ0) is 7.14. The summed E-state index contributed by atoms with van der Waals surface area (Å²) in [6.07, 6.45) is 1.74. The van der Waals surface area contributed by atoms with Gasteiger partial charge in [0.15, 0.2) is 5.06 Å². The van der Waals surface area contributed by atoms with Crippen LogP contribution in [0.4, 0.5) is 0 Å². The maximum Gasteiger partial charge on any atom is 0.175 e. The minimum absolute atomic E-state index is 0.328. The van der Waals surface area contributed by atoms with Crippen molar-refractivity contribution in [1.82, 2.24) is 9.55 Å². The summed E-state index contributed by atoms with van der Waals surface area (Å²) in [5.74, 6) is 0. The van der Waals surface area contributed by atoms with Crippen molar-refractivity contribution in [2.45, 2.75) is 0 Å². The summed E-state index contributed by atoms with van der Waals surface area (Å²) in [4.78, 5) is 4.95. The lowest BCUT2D eigenvalue weighted by Gasteiger charge is -1.84. The van der Waals surface area contributed by atoms with E-state index in [9.17, 15) is 0 Å². The third kappa shape index (κ3) is 0.623. The monoisotopic (exact) mass is 154 g/mol. The Morgan fingerprint density at radius 1 is 1.70 bits per heavy atom. The molecule has 0 radical (unpaired) electrons. The van der Waals surface area contributed by atoms with Gasteiger partial charge in [-0.05, 0) is 0 Å². The molecule has 2 aromatic heterocycles. The predicted octanol–water partition coefficient (Wildman–Crippen LogP) is 1.34. The lowest BCUT2D eigenvalue weighted by molar-refractivity contribution is 0.491. The van der Waals surface area contributed by atoms with Crippen molar-refractivity contribution in [1.29, 1.82) is 0 Å². The Bertz CT molecular complexity index is 363. The maximum atomic E-state index is 9.03. The second-order valence-electron chi connectivity index (χ2n) is 2.13. The van der Waals surface area contributed by atoms with Crippen LogP contribution in [0.15, 0.2) is 12.4 Å². The summed E-state index contributed by atoms with van der Waals surface area (Å²) < 4.78 is 1.88. The van der Waals surface area contributed by atoms with Crippen LogP contribution in [0.3, 0.4) is 0 Å². The number of thiophene rings is 1. The van der Waals surface area contributed by atoms with Crippen molar-refractivity contribution < 1.29 is 5.11 Å². The smallest absolute Gasteiger partial charge is 0.175 e. The largest absolute Gasteiger partial charge is 0.499 e. The van der Waals surface area contributed by atoms with Crippen LogP contribution in [0.2, 0.25) is 0 Å². The molecule has 3 nitrogen and oxygen atoms in total. The van der Waals surface area contributed by atoms with E-state index in [-0.39, 0.29) is 0 Å². The highest BCUT2D eigenvalue weighted by Gasteiger charge is 2.03. The van der Waals surface area contributed by atoms with Crippen LogP contribution in [0.25, 0.3) is 10.3 Å². The lowest BCUT2D eigenvalue weighted by Crippen LogP contribution is -1.80. The zero-order valence-corrected chi connectivity index (χ0v) is 6.22. The Morgan fingerprint density at radius 2 is 2.50 bits per heavy atom. The van der Waals surface area contributed by atoms with Crippen molar-refractivity contribution in [3.05, 3.63) is 12.4 Å². The first-order valence-electron chi connectivity index (χ1n) is 2.87. The van der Waals surface area contributed by atoms with E-state index >= 15 is 0 Å². The second kappa shape index (κ2) is 1.73. The van der Waals surface area contributed by atoms with Crippen LogP contribution in [-0.2, 0) is 7.05 Å². The first-order valence-corrected chi connectivity index (χ1v) is 3.69. The molecule has 4 heteroatoms. The number of imidazole rings is 1. The first-order chi connectivity index (χ1) is 4.77. The molecule has 10 heavy (non-hydrogen) atoms. The quantitative estimate of drug-likeness (QED) is 0.621. The summed E-state index contributed by atoms with van der Waals surface area (Å²) in [7, 11) is 1.90. The molecule has 52 valence electrons. The van der Waals surface area contributed by atoms with E-state index in [4.69, 9.17) is 5.11 Å². The van der Waals surface area contributed by atoms with Crippen molar-refractivity contribution in [2.24, 2.45) is 7.05 Å². The van der Waals surface area contributed by atoms with Gasteiger partial charge in [0, 0.05) is 13.1 Å². The Hall–Kier alpha value is -1.03. The molecule has 0 saturated heterocycles. The molecular weight excluding hydrogens is 148 g/mol. The van der Waals surface area contributed by atoms with Crippen LogP contribution in [0.1, 0.15) is 0 Å². The van der Waals surface area contributed by atoms with E-state index in [1.54, 1.807) is 12.4 Å². The minimum atomic E-state index is 0.328. The van der Waals surface area contributed by atoms with Crippen molar-refractivity contribution in [3.8, 4) is 5.06 Å². The van der Waals surface area contributed by atoms with Gasteiger partial charge in [0.2, 0.25) is 0 Å². The first kappa shape index (κ1) is 5.73. The van der Waals surface area contributed by atoms with Gasteiger partial charge in [-0.2, -0.15) is 0 Å². The van der Waals surface area contributed by atoms with Gasteiger partial charge >= 0.3 is 0 Å². The van der Waals surface area contributed by atoms with Crippen LogP contribution in [-0.4, -0.2) is 14.7 Å². The zero-order valence-electron chi connectivity index (χ0n) is 5.40. The van der Waals surface area contributed by atoms with Crippen molar-refractivity contribution >= 4 is 21.7 Å². The summed E-state index contributed by atoms with van der Waals surface area (Å²) in [6, 6.07) is 1.72. The maximum absolute atomic E-state index is 9.03. The molecular formula is C6H6N2OS. The Labute approximate surface area is 61.6 Å². The summed E-state index contributed by atoms with van der Waals surface area (Å²) in [5, 5.41) is 9.36. The molecule has 0 atom stereocenters. The number of aromatic nitrogens is 2. The SMILES string of the molecule is Cn1cnc2sc(O)cc21. The molecule has 0 fully saturated rings. The van der Waals surface area contributed by atoms with Gasteiger partial charge in [-0.3, -0.25) is 0 Å². The van der Waals surface area contributed by atoms with Gasteiger partial charge < -0.3 is 9.67 Å². The van der Waals surface area contributed by atoms with Gasteiger partial charge in [0.05, 0.1) is 11.8 Å². The lowest BCUT2D eigenvalue weighted by atomic mass is 10.5. The van der Waals surface area contributed by atoms with Gasteiger partial charge in [-0.1, -0.05) is 11.3 Å². The van der Waals surface area contributed by atoms with E-state index in [0.29, 0.717) is 5.06 Å². The second-order valence-corrected chi connectivity index (χ2v) is 3.14. The van der Waals surface area contributed by atoms with E-state index in [2.05, 4.69) is 4.98 Å². The average Bonchev–Trinajstić information content (AvgIpc) is 2.35. The summed E-state index contributed by atoms with van der Waals surface area (Å²) in [5.41, 5.74) is 0.988. The molecule has 0 spiro atoms. The van der Waals surface area contributed by atoms with Gasteiger partial charge in [-0.15, -0.1) is 0 Å². The van der Waals surface area contributed by atoms with E-state index in [1.165, 1.54) is 11.3 Å². The average molecular weight is 154 g/mol. The number of hydrogen-bond donors (Lipinski definition) is 1. The van der Waals surface area contributed by atoms with E-state index in [1.807, 2.05) is 11.6 Å². The standard InChI is InChI=1S/C6H6N2OS/c1-8-3-7-6-4(8)2-5(9)10-6/h2-3,9H,1H3. The molecule has 0 saturated carbocycles. The number of hydrogen-bond acceptors (Lipinski definition) is 3. The number of fused-ring (bicyclic) bond motifs is 1. The van der Waals surface area contributed by atoms with Crippen LogP contribution < -0.4 is 0 Å². The molecule has 0 aliphatic rings. The fourth-order valence-electron chi connectivity index (χ4n) is 0.906. The van der Waals surface area contributed by atoms with E-state index < -0.39 is 0 Å². The molecule has 0 unspecified atom stereocenters. The molecule has 1 N–H and O–H groups in total. The molecule has 0 bridgehead atoms. The summed E-state index contributed by atoms with van der Waals surface area (Å²) >= 11 is 1.30. The minimum Gasteiger partial charge on any atom is -0.499 e. The van der Waals surface area contributed by atoms with Crippen LogP contribution in [0, 0.1) is 0 Å².